The summed E-state index contributed by atoms with van der Waals surface area (Å²) in [6.45, 7) is 8.37. The number of ketones is 1. The Morgan fingerprint density at radius 2 is 2.00 bits per heavy atom. The first-order valence-electron chi connectivity index (χ1n) is 7.96. The second-order valence-corrected chi connectivity index (χ2v) is 7.16. The Morgan fingerprint density at radius 3 is 2.64 bits per heavy atom. The number of carbonyl (C=O) groups excluding carboxylic acids is 2. The van der Waals surface area contributed by atoms with Crippen LogP contribution >= 0.6 is 0 Å². The van der Waals surface area contributed by atoms with Gasteiger partial charge in [0.25, 0.3) is 0 Å². The van der Waals surface area contributed by atoms with Crippen molar-refractivity contribution >= 4 is 11.7 Å². The lowest BCUT2D eigenvalue weighted by atomic mass is 9.90. The number of nitrogens with one attached hydrogen (secondary N) is 1. The van der Waals surface area contributed by atoms with Crippen LogP contribution in [0.25, 0.3) is 0 Å². The van der Waals surface area contributed by atoms with Gasteiger partial charge in [-0.25, -0.2) is 0 Å². The highest BCUT2D eigenvalue weighted by atomic mass is 16.2. The number of allylic oxidation sites excluding steroid dienone is 1. The van der Waals surface area contributed by atoms with Crippen LogP contribution in [-0.2, 0) is 16.0 Å². The minimum Gasteiger partial charge on any atom is -0.330 e. The first-order chi connectivity index (χ1) is 10.4. The van der Waals surface area contributed by atoms with Crippen LogP contribution in [0.5, 0.6) is 0 Å². The summed E-state index contributed by atoms with van der Waals surface area (Å²) in [6.07, 6.45) is 1.76. The molecule has 0 bridgehead atoms. The normalized spacial score (nSPS) is 28.1. The van der Waals surface area contributed by atoms with Crippen molar-refractivity contribution in [2.75, 3.05) is 0 Å². The summed E-state index contributed by atoms with van der Waals surface area (Å²) >= 11 is 0. The van der Waals surface area contributed by atoms with Crippen LogP contribution in [0.3, 0.4) is 0 Å². The third kappa shape index (κ3) is 2.60. The number of hydrogen-bond acceptors (Lipinski definition) is 2. The molecule has 1 aromatic rings. The molecule has 0 aliphatic heterocycles. The molecule has 2 aliphatic rings. The van der Waals surface area contributed by atoms with Crippen LogP contribution < -0.4 is 5.32 Å². The largest absolute Gasteiger partial charge is 0.330 e. The van der Waals surface area contributed by atoms with Gasteiger partial charge in [0, 0.05) is 18.5 Å². The zero-order valence-corrected chi connectivity index (χ0v) is 13.3. The van der Waals surface area contributed by atoms with Crippen molar-refractivity contribution in [2.24, 2.45) is 23.2 Å². The Kier molecular flexibility index (Phi) is 3.67. The second kappa shape index (κ2) is 5.38. The van der Waals surface area contributed by atoms with Crippen LogP contribution in [-0.4, -0.2) is 11.7 Å². The number of Topliss-reactive ketones (excluding diaryl/α,β-unsaturated/α-hetero) is 1. The van der Waals surface area contributed by atoms with Gasteiger partial charge in [-0.3, -0.25) is 9.59 Å². The summed E-state index contributed by atoms with van der Waals surface area (Å²) in [5, 5.41) is 2.86. The summed E-state index contributed by atoms with van der Waals surface area (Å²) < 4.78 is 0. The molecule has 1 N–H and O–H groups in total. The van der Waals surface area contributed by atoms with Crippen molar-refractivity contribution in [3.8, 4) is 0 Å². The molecule has 0 aromatic heterocycles. The molecule has 3 rings (SSSR count). The zero-order valence-electron chi connectivity index (χ0n) is 13.3. The summed E-state index contributed by atoms with van der Waals surface area (Å²) in [7, 11) is 0. The highest BCUT2D eigenvalue weighted by Gasteiger charge is 2.67. The topological polar surface area (TPSA) is 46.2 Å². The minimum absolute atomic E-state index is 0.0523. The molecule has 0 heterocycles. The van der Waals surface area contributed by atoms with Crippen LogP contribution in [0.15, 0.2) is 42.6 Å². The molecule has 0 spiro atoms. The summed E-state index contributed by atoms with van der Waals surface area (Å²) in [5.41, 5.74) is 1.96. The lowest BCUT2D eigenvalue weighted by Gasteiger charge is -2.19. The minimum atomic E-state index is -0.180. The lowest BCUT2D eigenvalue weighted by molar-refractivity contribution is -0.122. The van der Waals surface area contributed by atoms with Gasteiger partial charge < -0.3 is 5.32 Å². The monoisotopic (exact) mass is 297 g/mol. The van der Waals surface area contributed by atoms with Crippen LogP contribution in [0.2, 0.25) is 0 Å². The molecule has 2 aliphatic carbocycles. The molecular formula is C19H23NO2. The van der Waals surface area contributed by atoms with Crippen LogP contribution in [0, 0.1) is 23.2 Å². The highest BCUT2D eigenvalue weighted by Crippen LogP contribution is 2.68. The first kappa shape index (κ1) is 15.0. The van der Waals surface area contributed by atoms with Crippen molar-refractivity contribution in [3.05, 3.63) is 48.2 Å². The predicted molar refractivity (Wildman–Crippen MR) is 85.9 cm³/mol. The zero-order chi connectivity index (χ0) is 15.9. The Hall–Kier alpha value is -1.90. The fourth-order valence-corrected chi connectivity index (χ4v) is 4.02. The maximum absolute atomic E-state index is 12.1. The van der Waals surface area contributed by atoms with Gasteiger partial charge in [0.15, 0.2) is 0 Å². The molecule has 0 radical (unpaired) electrons. The number of rotatable bonds is 5. The van der Waals surface area contributed by atoms with E-state index >= 15 is 0 Å². The van der Waals surface area contributed by atoms with Gasteiger partial charge in [0.1, 0.15) is 5.78 Å². The van der Waals surface area contributed by atoms with E-state index in [1.165, 1.54) is 0 Å². The van der Waals surface area contributed by atoms with Gasteiger partial charge >= 0.3 is 0 Å². The molecule has 116 valence electrons. The number of amides is 1. The molecule has 0 unspecified atom stereocenters. The number of benzene rings is 1. The Morgan fingerprint density at radius 1 is 1.32 bits per heavy atom. The molecular weight excluding hydrogens is 274 g/mol. The average molecular weight is 297 g/mol. The maximum Gasteiger partial charge on any atom is 0.224 e. The molecule has 0 saturated heterocycles. The first-order valence-corrected chi connectivity index (χ1v) is 7.96. The Balaban J connectivity index is 1.53. The summed E-state index contributed by atoms with van der Waals surface area (Å²) in [4.78, 5) is 24.2. The van der Waals surface area contributed by atoms with E-state index < -0.39 is 0 Å². The number of hydrogen-bond donors (Lipinski definition) is 1. The van der Waals surface area contributed by atoms with Crippen molar-refractivity contribution in [2.45, 2.75) is 33.1 Å². The van der Waals surface area contributed by atoms with E-state index in [-0.39, 0.29) is 23.0 Å². The average Bonchev–Trinajstić information content (AvgIpc) is 2.84. The van der Waals surface area contributed by atoms with E-state index in [9.17, 15) is 9.59 Å². The Labute approximate surface area is 131 Å². The SMILES string of the molecule is C=C(NC(=O)CCc1ccccc1)[C@H]1C(=O)C[C@H]2[C@@H]1C2(C)C. The maximum atomic E-state index is 12.1. The quantitative estimate of drug-likeness (QED) is 0.907. The predicted octanol–water partition coefficient (Wildman–Crippen LogP) is 3.11. The third-order valence-corrected chi connectivity index (χ3v) is 5.43. The highest BCUT2D eigenvalue weighted by molar-refractivity contribution is 5.90. The molecule has 3 heteroatoms. The van der Waals surface area contributed by atoms with Crippen molar-refractivity contribution in [3.63, 3.8) is 0 Å². The number of carbonyl (C=O) groups is 2. The molecule has 22 heavy (non-hydrogen) atoms. The number of fused-ring (bicyclic) bond motifs is 1. The molecule has 2 saturated carbocycles. The van der Waals surface area contributed by atoms with E-state index in [0.717, 1.165) is 5.56 Å². The standard InChI is InChI=1S/C19H23NO2/c1-12(17-15(21)11-14-18(17)19(14,2)3)20-16(22)10-9-13-7-5-4-6-8-13/h4-8,14,17-18H,1,9-11H2,2-3H3,(H,20,22)/t14-,17-,18-/m0/s1. The Bertz CT molecular complexity index is 618. The third-order valence-electron chi connectivity index (χ3n) is 5.43. The van der Waals surface area contributed by atoms with Gasteiger partial charge in [0.2, 0.25) is 5.91 Å². The van der Waals surface area contributed by atoms with Crippen molar-refractivity contribution < 1.29 is 9.59 Å². The van der Waals surface area contributed by atoms with E-state index in [1.807, 2.05) is 30.3 Å². The van der Waals surface area contributed by atoms with Crippen LogP contribution in [0.4, 0.5) is 0 Å². The van der Waals surface area contributed by atoms with Crippen molar-refractivity contribution in [1.82, 2.24) is 5.32 Å². The molecule has 3 atom stereocenters. The molecule has 3 nitrogen and oxygen atoms in total. The van der Waals surface area contributed by atoms with Gasteiger partial charge in [-0.1, -0.05) is 50.8 Å². The molecule has 2 fully saturated rings. The summed E-state index contributed by atoms with van der Waals surface area (Å²) in [5.74, 6) is 0.844. The van der Waals surface area contributed by atoms with Gasteiger partial charge in [-0.05, 0) is 29.2 Å². The second-order valence-electron chi connectivity index (χ2n) is 7.16. The van der Waals surface area contributed by atoms with Crippen molar-refractivity contribution in [1.29, 1.82) is 0 Å². The van der Waals surface area contributed by atoms with Gasteiger partial charge in [-0.2, -0.15) is 0 Å². The van der Waals surface area contributed by atoms with Crippen LogP contribution in [0.1, 0.15) is 32.3 Å². The van der Waals surface area contributed by atoms with E-state index in [1.54, 1.807) is 0 Å². The number of aryl methyl sites for hydroxylation is 1. The van der Waals surface area contributed by atoms with Gasteiger partial charge in [-0.15, -0.1) is 0 Å². The van der Waals surface area contributed by atoms with Gasteiger partial charge in [0.05, 0.1) is 5.92 Å². The summed E-state index contributed by atoms with van der Waals surface area (Å²) in [6, 6.07) is 9.93. The fraction of sp³-hybridized carbons (Fsp3) is 0.474. The smallest absolute Gasteiger partial charge is 0.224 e. The lowest BCUT2D eigenvalue weighted by Crippen LogP contribution is -2.31. The van der Waals surface area contributed by atoms with E-state index in [0.29, 0.717) is 36.8 Å². The fourth-order valence-electron chi connectivity index (χ4n) is 4.02. The van der Waals surface area contributed by atoms with E-state index in [4.69, 9.17) is 0 Å². The molecule has 1 amide bonds. The molecule has 1 aromatic carbocycles. The van der Waals surface area contributed by atoms with E-state index in [2.05, 4.69) is 25.7 Å².